The van der Waals surface area contributed by atoms with Gasteiger partial charge in [-0.25, -0.2) is 4.98 Å². The molecular weight excluding hydrogens is 218 g/mol. The summed E-state index contributed by atoms with van der Waals surface area (Å²) < 4.78 is 0. The van der Waals surface area contributed by atoms with Crippen molar-refractivity contribution in [3.63, 3.8) is 0 Å². The molecule has 2 saturated carbocycles. The minimum absolute atomic E-state index is 0.174. The number of aliphatic hydroxyl groups is 1. The van der Waals surface area contributed by atoms with Crippen LogP contribution in [-0.4, -0.2) is 16.7 Å². The molecule has 2 aliphatic rings. The first-order valence-electron chi connectivity index (χ1n) is 6.24. The average Bonchev–Trinajstić information content (AvgIpc) is 2.94. The molecule has 2 bridgehead atoms. The molecule has 3 atom stereocenters. The van der Waals surface area contributed by atoms with E-state index in [-0.39, 0.29) is 5.41 Å². The smallest absolute Gasteiger partial charge is 0.0934 e. The fourth-order valence-corrected chi connectivity index (χ4v) is 4.74. The van der Waals surface area contributed by atoms with Gasteiger partial charge in [0.25, 0.3) is 0 Å². The Kier molecular flexibility index (Phi) is 2.55. The Labute approximate surface area is 101 Å². The molecule has 1 aromatic rings. The van der Waals surface area contributed by atoms with E-state index in [2.05, 4.69) is 10.4 Å². The Balaban J connectivity index is 1.81. The van der Waals surface area contributed by atoms with Gasteiger partial charge in [-0.15, -0.1) is 11.3 Å². The summed E-state index contributed by atoms with van der Waals surface area (Å²) in [4.78, 5) is 4.56. The molecule has 3 unspecified atom stereocenters. The maximum Gasteiger partial charge on any atom is 0.0934 e. The zero-order chi connectivity index (χ0) is 11.2. The Morgan fingerprint density at radius 1 is 1.56 bits per heavy atom. The second-order valence-corrected chi connectivity index (χ2v) is 6.60. The lowest BCUT2D eigenvalue weighted by atomic mass is 9.71. The molecule has 0 radical (unpaired) electrons. The topological polar surface area (TPSA) is 33.1 Å². The Morgan fingerprint density at radius 2 is 2.44 bits per heavy atom. The van der Waals surface area contributed by atoms with Gasteiger partial charge in [-0.2, -0.15) is 0 Å². The lowest BCUT2D eigenvalue weighted by Crippen LogP contribution is -2.34. The van der Waals surface area contributed by atoms with E-state index >= 15 is 0 Å². The minimum atomic E-state index is 0.174. The van der Waals surface area contributed by atoms with E-state index in [1.807, 2.05) is 6.92 Å². The van der Waals surface area contributed by atoms with Gasteiger partial charge in [0.1, 0.15) is 0 Å². The standard InChI is InChI=1S/C13H19NOS/c1-9-7-16-12(14-9)6-13(8-15)5-10-2-3-11(13)4-10/h7,10-11,15H,2-6,8H2,1H3. The van der Waals surface area contributed by atoms with Crippen molar-refractivity contribution in [2.75, 3.05) is 6.61 Å². The van der Waals surface area contributed by atoms with Gasteiger partial charge in [-0.05, 0) is 38.0 Å². The van der Waals surface area contributed by atoms with Crippen LogP contribution in [0.1, 0.15) is 36.4 Å². The van der Waals surface area contributed by atoms with Crippen LogP contribution in [0.25, 0.3) is 0 Å². The number of aryl methyl sites for hydroxylation is 1. The highest BCUT2D eigenvalue weighted by molar-refractivity contribution is 7.09. The second-order valence-electron chi connectivity index (χ2n) is 5.66. The number of thiazole rings is 1. The first-order chi connectivity index (χ1) is 7.72. The van der Waals surface area contributed by atoms with Gasteiger partial charge in [0.15, 0.2) is 0 Å². The number of hydrogen-bond acceptors (Lipinski definition) is 3. The van der Waals surface area contributed by atoms with E-state index < -0.39 is 0 Å². The summed E-state index contributed by atoms with van der Waals surface area (Å²) in [5.74, 6) is 1.64. The van der Waals surface area contributed by atoms with Crippen LogP contribution in [-0.2, 0) is 6.42 Å². The molecule has 3 heteroatoms. The van der Waals surface area contributed by atoms with Gasteiger partial charge in [0.2, 0.25) is 0 Å². The van der Waals surface area contributed by atoms with Crippen molar-refractivity contribution in [1.82, 2.24) is 4.98 Å². The van der Waals surface area contributed by atoms with Gasteiger partial charge >= 0.3 is 0 Å². The number of rotatable bonds is 3. The van der Waals surface area contributed by atoms with Crippen LogP contribution < -0.4 is 0 Å². The molecule has 0 spiro atoms. The molecule has 0 saturated heterocycles. The average molecular weight is 237 g/mol. The molecule has 0 amide bonds. The molecule has 1 heterocycles. The van der Waals surface area contributed by atoms with Crippen molar-refractivity contribution in [2.24, 2.45) is 17.3 Å². The first kappa shape index (κ1) is 10.7. The number of aliphatic hydroxyl groups excluding tert-OH is 1. The lowest BCUT2D eigenvalue weighted by molar-refractivity contribution is 0.0651. The third-order valence-electron chi connectivity index (χ3n) is 4.59. The van der Waals surface area contributed by atoms with Crippen LogP contribution in [0.5, 0.6) is 0 Å². The van der Waals surface area contributed by atoms with Gasteiger partial charge in [0, 0.05) is 29.5 Å². The molecule has 1 N–H and O–H groups in total. The third kappa shape index (κ3) is 1.61. The summed E-state index contributed by atoms with van der Waals surface area (Å²) in [6.45, 7) is 2.40. The fraction of sp³-hybridized carbons (Fsp3) is 0.769. The molecule has 0 aromatic carbocycles. The van der Waals surface area contributed by atoms with E-state index in [9.17, 15) is 5.11 Å². The number of nitrogens with zero attached hydrogens (tertiary/aromatic N) is 1. The Bertz CT molecular complexity index is 389. The van der Waals surface area contributed by atoms with Crippen molar-refractivity contribution in [2.45, 2.75) is 39.0 Å². The Hall–Kier alpha value is -0.410. The number of aromatic nitrogens is 1. The second kappa shape index (κ2) is 3.81. The Morgan fingerprint density at radius 3 is 2.94 bits per heavy atom. The molecular formula is C13H19NOS. The van der Waals surface area contributed by atoms with Crippen molar-refractivity contribution < 1.29 is 5.11 Å². The quantitative estimate of drug-likeness (QED) is 0.877. The number of fused-ring (bicyclic) bond motifs is 2. The normalized spacial score (nSPS) is 37.1. The van der Waals surface area contributed by atoms with Crippen LogP contribution in [0.3, 0.4) is 0 Å². The highest BCUT2D eigenvalue weighted by Crippen LogP contribution is 2.57. The van der Waals surface area contributed by atoms with Gasteiger partial charge in [-0.1, -0.05) is 6.42 Å². The maximum atomic E-state index is 9.78. The lowest BCUT2D eigenvalue weighted by Gasteiger charge is -2.35. The largest absolute Gasteiger partial charge is 0.396 e. The van der Waals surface area contributed by atoms with Crippen LogP contribution in [0.2, 0.25) is 0 Å². The third-order valence-corrected chi connectivity index (χ3v) is 5.55. The van der Waals surface area contributed by atoms with Crippen LogP contribution in [0.4, 0.5) is 0 Å². The summed E-state index contributed by atoms with van der Waals surface area (Å²) in [6.07, 6.45) is 6.31. The monoisotopic (exact) mass is 237 g/mol. The summed E-state index contributed by atoms with van der Waals surface area (Å²) in [7, 11) is 0. The van der Waals surface area contributed by atoms with E-state index in [0.717, 1.165) is 24.0 Å². The first-order valence-corrected chi connectivity index (χ1v) is 7.12. The van der Waals surface area contributed by atoms with Gasteiger partial charge in [0.05, 0.1) is 5.01 Å². The zero-order valence-electron chi connectivity index (χ0n) is 9.78. The van der Waals surface area contributed by atoms with Crippen molar-refractivity contribution in [1.29, 1.82) is 0 Å². The van der Waals surface area contributed by atoms with Crippen LogP contribution in [0.15, 0.2) is 5.38 Å². The molecule has 2 nitrogen and oxygen atoms in total. The van der Waals surface area contributed by atoms with Gasteiger partial charge in [-0.3, -0.25) is 0 Å². The van der Waals surface area contributed by atoms with Gasteiger partial charge < -0.3 is 5.11 Å². The predicted octanol–water partition coefficient (Wildman–Crippen LogP) is 2.79. The van der Waals surface area contributed by atoms with Crippen molar-refractivity contribution in [3.05, 3.63) is 16.1 Å². The molecule has 2 aliphatic carbocycles. The zero-order valence-corrected chi connectivity index (χ0v) is 10.6. The molecule has 1 aromatic heterocycles. The van der Waals surface area contributed by atoms with E-state index in [0.29, 0.717) is 6.61 Å². The molecule has 0 aliphatic heterocycles. The van der Waals surface area contributed by atoms with Crippen molar-refractivity contribution >= 4 is 11.3 Å². The van der Waals surface area contributed by atoms with E-state index in [4.69, 9.17) is 0 Å². The minimum Gasteiger partial charge on any atom is -0.396 e. The fourth-order valence-electron chi connectivity index (χ4n) is 3.81. The molecule has 3 rings (SSSR count). The SMILES string of the molecule is Cc1csc(CC2(CO)CC3CCC2C3)n1. The molecule has 16 heavy (non-hydrogen) atoms. The summed E-state index contributed by atoms with van der Waals surface area (Å²) >= 11 is 1.76. The summed E-state index contributed by atoms with van der Waals surface area (Å²) in [6, 6.07) is 0. The number of hydrogen-bond donors (Lipinski definition) is 1. The molecule has 2 fully saturated rings. The maximum absolute atomic E-state index is 9.78. The van der Waals surface area contributed by atoms with Crippen LogP contribution >= 0.6 is 11.3 Å². The van der Waals surface area contributed by atoms with Crippen LogP contribution in [0, 0.1) is 24.2 Å². The predicted molar refractivity (Wildman–Crippen MR) is 65.5 cm³/mol. The highest BCUT2D eigenvalue weighted by atomic mass is 32.1. The summed E-state index contributed by atoms with van der Waals surface area (Å²) in [5, 5.41) is 13.1. The summed E-state index contributed by atoms with van der Waals surface area (Å²) in [5.41, 5.74) is 1.30. The highest BCUT2D eigenvalue weighted by Gasteiger charge is 2.50. The van der Waals surface area contributed by atoms with Crippen molar-refractivity contribution in [3.8, 4) is 0 Å². The van der Waals surface area contributed by atoms with E-state index in [1.165, 1.54) is 30.7 Å². The molecule has 88 valence electrons. The van der Waals surface area contributed by atoms with E-state index in [1.54, 1.807) is 11.3 Å².